The number of nitrogens with one attached hydrogen (secondary N) is 2. The predicted octanol–water partition coefficient (Wildman–Crippen LogP) is 4.32. The molecule has 0 spiro atoms. The largest absolute Gasteiger partial charge is 0.497 e. The molecule has 0 aliphatic rings. The van der Waals surface area contributed by atoms with E-state index in [-0.39, 0.29) is 17.6 Å². The van der Waals surface area contributed by atoms with E-state index in [2.05, 4.69) is 20.8 Å². The monoisotopic (exact) mass is 507 g/mol. The third-order valence-electron chi connectivity index (χ3n) is 4.57. The summed E-state index contributed by atoms with van der Waals surface area (Å²) in [4.78, 5) is 24.6. The molecule has 0 bridgehead atoms. The van der Waals surface area contributed by atoms with E-state index in [0.29, 0.717) is 51.7 Å². The first-order valence-electron chi connectivity index (χ1n) is 10.1. The van der Waals surface area contributed by atoms with E-state index in [0.717, 1.165) is 5.82 Å². The highest BCUT2D eigenvalue weighted by Crippen LogP contribution is 2.23. The van der Waals surface area contributed by atoms with Gasteiger partial charge in [-0.3, -0.25) is 9.59 Å². The van der Waals surface area contributed by atoms with Crippen molar-refractivity contribution in [3.63, 3.8) is 0 Å². The molecule has 0 aliphatic carbocycles. The summed E-state index contributed by atoms with van der Waals surface area (Å²) in [5.74, 6) is 1.19. The Hall–Kier alpha value is -2.75. The van der Waals surface area contributed by atoms with Gasteiger partial charge in [0.2, 0.25) is 5.91 Å². The first kappa shape index (κ1) is 24.9. The van der Waals surface area contributed by atoms with Gasteiger partial charge in [-0.25, -0.2) is 0 Å². The molecule has 0 saturated carbocycles. The highest BCUT2D eigenvalue weighted by molar-refractivity contribution is 7.99. The number of rotatable bonds is 10. The van der Waals surface area contributed by atoms with Crippen molar-refractivity contribution >= 4 is 52.5 Å². The molecule has 0 atom stereocenters. The van der Waals surface area contributed by atoms with Gasteiger partial charge in [-0.05, 0) is 49.4 Å². The smallest absolute Gasteiger partial charge is 0.251 e. The van der Waals surface area contributed by atoms with Crippen LogP contribution in [0.25, 0.3) is 0 Å². The zero-order chi connectivity index (χ0) is 23.8. The van der Waals surface area contributed by atoms with Crippen molar-refractivity contribution in [1.82, 2.24) is 20.1 Å². The highest BCUT2D eigenvalue weighted by Gasteiger charge is 2.14. The summed E-state index contributed by atoms with van der Waals surface area (Å²) in [5.41, 5.74) is 1.08. The SMILES string of the molecule is CCn1c(CCNC(=O)c2ccc(OC)cc2)nnc1SCC(=O)Nc1cc(Cl)cc(Cl)c1. The van der Waals surface area contributed by atoms with Crippen LogP contribution in [0.4, 0.5) is 5.69 Å². The Morgan fingerprint density at radius 3 is 2.42 bits per heavy atom. The number of halogens is 2. The molecule has 0 radical (unpaired) electrons. The Labute approximate surface area is 206 Å². The molecule has 174 valence electrons. The zero-order valence-corrected chi connectivity index (χ0v) is 20.4. The summed E-state index contributed by atoms with van der Waals surface area (Å²) in [5, 5.41) is 15.6. The lowest BCUT2D eigenvalue weighted by molar-refractivity contribution is -0.113. The van der Waals surface area contributed by atoms with Gasteiger partial charge in [0.25, 0.3) is 5.91 Å². The molecule has 0 saturated heterocycles. The third kappa shape index (κ3) is 7.12. The predicted molar refractivity (Wildman–Crippen MR) is 131 cm³/mol. The minimum absolute atomic E-state index is 0.149. The van der Waals surface area contributed by atoms with Crippen molar-refractivity contribution in [3.05, 3.63) is 63.9 Å². The number of amides is 2. The normalized spacial score (nSPS) is 10.7. The van der Waals surface area contributed by atoms with Gasteiger partial charge in [-0.2, -0.15) is 0 Å². The summed E-state index contributed by atoms with van der Waals surface area (Å²) < 4.78 is 7.03. The lowest BCUT2D eigenvalue weighted by atomic mass is 10.2. The number of hydrogen-bond donors (Lipinski definition) is 2. The Morgan fingerprint density at radius 1 is 1.09 bits per heavy atom. The summed E-state index contributed by atoms with van der Waals surface area (Å²) in [6, 6.07) is 11.7. The van der Waals surface area contributed by atoms with Gasteiger partial charge in [0.15, 0.2) is 5.16 Å². The van der Waals surface area contributed by atoms with Crippen LogP contribution < -0.4 is 15.4 Å². The lowest BCUT2D eigenvalue weighted by Crippen LogP contribution is -2.26. The molecule has 3 rings (SSSR count). The molecule has 2 aromatic carbocycles. The molecule has 1 heterocycles. The molecule has 0 aliphatic heterocycles. The quantitative estimate of drug-likeness (QED) is 0.396. The minimum Gasteiger partial charge on any atom is -0.497 e. The van der Waals surface area contributed by atoms with Gasteiger partial charge < -0.3 is 19.9 Å². The fourth-order valence-electron chi connectivity index (χ4n) is 3.01. The molecular formula is C22H23Cl2N5O3S. The second-order valence-electron chi connectivity index (χ2n) is 6.87. The van der Waals surface area contributed by atoms with Crippen molar-refractivity contribution in [1.29, 1.82) is 0 Å². The molecule has 1 aromatic heterocycles. The Kier molecular flexibility index (Phi) is 8.99. The van der Waals surface area contributed by atoms with Crippen molar-refractivity contribution < 1.29 is 14.3 Å². The molecule has 3 aromatic rings. The van der Waals surface area contributed by atoms with Crippen LogP contribution in [0.2, 0.25) is 10.0 Å². The van der Waals surface area contributed by atoms with Gasteiger partial charge >= 0.3 is 0 Å². The van der Waals surface area contributed by atoms with Gasteiger partial charge in [-0.1, -0.05) is 35.0 Å². The number of benzene rings is 2. The van der Waals surface area contributed by atoms with Crippen molar-refractivity contribution in [2.24, 2.45) is 0 Å². The van der Waals surface area contributed by atoms with E-state index in [1.807, 2.05) is 11.5 Å². The molecule has 0 unspecified atom stereocenters. The van der Waals surface area contributed by atoms with E-state index < -0.39 is 0 Å². The maximum atomic E-state index is 12.3. The van der Waals surface area contributed by atoms with Crippen molar-refractivity contribution in [3.8, 4) is 5.75 Å². The van der Waals surface area contributed by atoms with Crippen LogP contribution >= 0.6 is 35.0 Å². The van der Waals surface area contributed by atoms with Crippen LogP contribution in [0, 0.1) is 0 Å². The van der Waals surface area contributed by atoms with Gasteiger partial charge in [0.05, 0.1) is 12.9 Å². The van der Waals surface area contributed by atoms with Gasteiger partial charge in [-0.15, -0.1) is 10.2 Å². The van der Waals surface area contributed by atoms with Crippen LogP contribution in [-0.4, -0.2) is 46.0 Å². The van der Waals surface area contributed by atoms with Gasteiger partial charge in [0.1, 0.15) is 11.6 Å². The standard InChI is InChI=1S/C22H23Cl2N5O3S/c1-3-29-19(8-9-25-21(31)14-4-6-18(32-2)7-5-14)27-28-22(29)33-13-20(30)26-17-11-15(23)10-16(24)12-17/h4-7,10-12H,3,8-9,13H2,1-2H3,(H,25,31)(H,26,30). The molecule has 2 N–H and O–H groups in total. The molecule has 33 heavy (non-hydrogen) atoms. The van der Waals surface area contributed by atoms with Crippen LogP contribution in [-0.2, 0) is 17.8 Å². The number of thioether (sulfide) groups is 1. The fraction of sp³-hybridized carbons (Fsp3) is 0.273. The number of carbonyl (C=O) groups excluding carboxylic acids is 2. The van der Waals surface area contributed by atoms with E-state index >= 15 is 0 Å². The van der Waals surface area contributed by atoms with Crippen molar-refractivity contribution in [2.45, 2.75) is 25.0 Å². The number of hydrogen-bond acceptors (Lipinski definition) is 6. The third-order valence-corrected chi connectivity index (χ3v) is 5.98. The lowest BCUT2D eigenvalue weighted by Gasteiger charge is -2.09. The molecule has 2 amide bonds. The summed E-state index contributed by atoms with van der Waals surface area (Å²) in [7, 11) is 1.58. The number of aromatic nitrogens is 3. The van der Waals surface area contributed by atoms with Gasteiger partial charge in [0, 0.05) is 40.8 Å². The highest BCUT2D eigenvalue weighted by atomic mass is 35.5. The van der Waals surface area contributed by atoms with E-state index in [4.69, 9.17) is 27.9 Å². The summed E-state index contributed by atoms with van der Waals surface area (Å²) in [6.07, 6.45) is 0.510. The number of anilines is 1. The Morgan fingerprint density at radius 2 is 1.79 bits per heavy atom. The van der Waals surface area contributed by atoms with Crippen molar-refractivity contribution in [2.75, 3.05) is 24.7 Å². The number of ether oxygens (including phenoxy) is 1. The first-order chi connectivity index (χ1) is 15.9. The van der Waals surface area contributed by atoms with E-state index in [1.54, 1.807) is 49.6 Å². The first-order valence-corrected chi connectivity index (χ1v) is 11.9. The minimum atomic E-state index is -0.211. The maximum absolute atomic E-state index is 12.3. The number of nitrogens with zero attached hydrogens (tertiary/aromatic N) is 3. The topological polar surface area (TPSA) is 98.1 Å². The average molecular weight is 508 g/mol. The molecular weight excluding hydrogens is 485 g/mol. The average Bonchev–Trinajstić information content (AvgIpc) is 3.18. The Balaban J connectivity index is 1.51. The molecule has 8 nitrogen and oxygen atoms in total. The fourth-order valence-corrected chi connectivity index (χ4v) is 4.36. The van der Waals surface area contributed by atoms with E-state index in [1.165, 1.54) is 11.8 Å². The van der Waals surface area contributed by atoms with E-state index in [9.17, 15) is 9.59 Å². The van der Waals surface area contributed by atoms with Crippen LogP contribution in [0.15, 0.2) is 47.6 Å². The second-order valence-corrected chi connectivity index (χ2v) is 8.69. The second kappa shape index (κ2) is 11.9. The maximum Gasteiger partial charge on any atom is 0.251 e. The van der Waals surface area contributed by atoms with Crippen LogP contribution in [0.1, 0.15) is 23.1 Å². The van der Waals surface area contributed by atoms with Crippen LogP contribution in [0.3, 0.4) is 0 Å². The summed E-state index contributed by atoms with van der Waals surface area (Å²) >= 11 is 13.2. The Bertz CT molecular complexity index is 1100. The summed E-state index contributed by atoms with van der Waals surface area (Å²) in [6.45, 7) is 3.02. The molecule has 11 heteroatoms. The zero-order valence-electron chi connectivity index (χ0n) is 18.1. The molecule has 0 fully saturated rings. The van der Waals surface area contributed by atoms with Crippen LogP contribution in [0.5, 0.6) is 5.75 Å². The number of methoxy groups -OCH3 is 1. The number of carbonyl (C=O) groups is 2.